The van der Waals surface area contributed by atoms with E-state index in [0.29, 0.717) is 11.4 Å². The molecule has 20 heavy (non-hydrogen) atoms. The van der Waals surface area contributed by atoms with Crippen LogP contribution in [0.15, 0.2) is 53.7 Å². The third-order valence-electron chi connectivity index (χ3n) is 3.14. The Kier molecular flexibility index (Phi) is 3.28. The van der Waals surface area contributed by atoms with Gasteiger partial charge in [0.05, 0.1) is 22.2 Å². The molecule has 4 nitrogen and oxygen atoms in total. The molecule has 5 heteroatoms. The Morgan fingerprint density at radius 1 is 1.30 bits per heavy atom. The molecular formula is C15H15N3OS. The van der Waals surface area contributed by atoms with Crippen LogP contribution in [0.25, 0.3) is 5.65 Å². The number of anilines is 1. The van der Waals surface area contributed by atoms with E-state index in [-0.39, 0.29) is 0 Å². The first-order chi connectivity index (χ1) is 9.63. The lowest BCUT2D eigenvalue weighted by Gasteiger charge is -2.05. The van der Waals surface area contributed by atoms with Crippen LogP contribution in [0.1, 0.15) is 11.3 Å². The molecule has 0 fully saturated rings. The van der Waals surface area contributed by atoms with Crippen molar-refractivity contribution in [3.63, 3.8) is 0 Å². The predicted molar refractivity (Wildman–Crippen MR) is 80.9 cm³/mol. The summed E-state index contributed by atoms with van der Waals surface area (Å²) in [5.74, 6) is 0.409. The number of rotatable bonds is 3. The van der Waals surface area contributed by atoms with Gasteiger partial charge >= 0.3 is 0 Å². The van der Waals surface area contributed by atoms with Crippen molar-refractivity contribution in [1.29, 1.82) is 0 Å². The lowest BCUT2D eigenvalue weighted by atomic mass is 10.2. The summed E-state index contributed by atoms with van der Waals surface area (Å²) in [5, 5.41) is 0. The zero-order valence-corrected chi connectivity index (χ0v) is 11.9. The van der Waals surface area contributed by atoms with Gasteiger partial charge in [0.15, 0.2) is 0 Å². The first-order valence-electron chi connectivity index (χ1n) is 6.30. The number of nitrogens with zero attached hydrogens (tertiary/aromatic N) is 2. The number of aromatic nitrogens is 2. The topological polar surface area (TPSA) is 60.4 Å². The van der Waals surface area contributed by atoms with Gasteiger partial charge in [0.25, 0.3) is 0 Å². The van der Waals surface area contributed by atoms with Crippen LogP contribution in [-0.4, -0.2) is 13.6 Å². The molecule has 0 aliphatic rings. The third kappa shape index (κ3) is 2.44. The fourth-order valence-corrected chi connectivity index (χ4v) is 3.40. The van der Waals surface area contributed by atoms with Gasteiger partial charge < -0.3 is 10.1 Å². The van der Waals surface area contributed by atoms with Crippen molar-refractivity contribution in [3.8, 4) is 0 Å². The van der Waals surface area contributed by atoms with Crippen molar-refractivity contribution in [2.45, 2.75) is 17.6 Å². The van der Waals surface area contributed by atoms with Crippen LogP contribution in [0.5, 0.6) is 0 Å². The lowest BCUT2D eigenvalue weighted by Crippen LogP contribution is -2.00. The molecule has 0 radical (unpaired) electrons. The summed E-state index contributed by atoms with van der Waals surface area (Å²) in [4.78, 5) is 5.29. The molecule has 3 rings (SSSR count). The maximum atomic E-state index is 12.4. The minimum absolute atomic E-state index is 0.409. The van der Waals surface area contributed by atoms with Gasteiger partial charge in [-0.05, 0) is 42.8 Å². The lowest BCUT2D eigenvalue weighted by molar-refractivity contribution is 0.682. The number of fused-ring (bicyclic) bond motifs is 1. The SMILES string of the molecule is Cc1cc(N)ccc1S(=O)Cc1cn2ccccc2n1. The number of pyridine rings is 1. The van der Waals surface area contributed by atoms with Crippen molar-refractivity contribution in [2.75, 3.05) is 5.73 Å². The molecule has 2 heterocycles. The van der Waals surface area contributed by atoms with E-state index in [1.54, 1.807) is 6.07 Å². The molecule has 1 unspecified atom stereocenters. The zero-order valence-electron chi connectivity index (χ0n) is 11.1. The molecule has 0 saturated carbocycles. The molecule has 2 aromatic heterocycles. The maximum absolute atomic E-state index is 12.4. The standard InChI is InChI=1S/C15H15N3OS/c1-11-8-12(16)5-6-14(11)20(19)10-13-9-18-7-3-2-4-15(18)17-13/h2-9H,10,16H2,1H3. The summed E-state index contributed by atoms with van der Waals surface area (Å²) in [7, 11) is -1.11. The molecule has 0 saturated heterocycles. The molecule has 0 aliphatic carbocycles. The quantitative estimate of drug-likeness (QED) is 0.752. The highest BCUT2D eigenvalue weighted by molar-refractivity contribution is 7.84. The highest BCUT2D eigenvalue weighted by Gasteiger charge is 2.11. The average molecular weight is 285 g/mol. The van der Waals surface area contributed by atoms with E-state index in [1.807, 2.05) is 54.0 Å². The van der Waals surface area contributed by atoms with Gasteiger partial charge in [-0.1, -0.05) is 6.07 Å². The first-order valence-corrected chi connectivity index (χ1v) is 7.62. The molecule has 0 amide bonds. The largest absolute Gasteiger partial charge is 0.399 e. The molecule has 3 aromatic rings. The van der Waals surface area contributed by atoms with Crippen LogP contribution in [0, 0.1) is 6.92 Å². The average Bonchev–Trinajstić information content (AvgIpc) is 2.80. The second kappa shape index (κ2) is 5.09. The van der Waals surface area contributed by atoms with Gasteiger partial charge in [-0.3, -0.25) is 4.21 Å². The summed E-state index contributed by atoms with van der Waals surface area (Å²) >= 11 is 0. The summed E-state index contributed by atoms with van der Waals surface area (Å²) in [6, 6.07) is 11.3. The van der Waals surface area contributed by atoms with E-state index in [9.17, 15) is 4.21 Å². The predicted octanol–water partition coefficient (Wildman–Crippen LogP) is 2.53. The van der Waals surface area contributed by atoms with Crippen LogP contribution < -0.4 is 5.73 Å². The second-order valence-corrected chi connectivity index (χ2v) is 6.13. The number of imidazole rings is 1. The van der Waals surface area contributed by atoms with Crippen LogP contribution >= 0.6 is 0 Å². The molecule has 1 aromatic carbocycles. The maximum Gasteiger partial charge on any atom is 0.137 e. The fraction of sp³-hybridized carbons (Fsp3) is 0.133. The van der Waals surface area contributed by atoms with E-state index >= 15 is 0 Å². The Labute approximate surface area is 119 Å². The Hall–Kier alpha value is -2.14. The summed E-state index contributed by atoms with van der Waals surface area (Å²) in [6.07, 6.45) is 3.85. The molecule has 0 spiro atoms. The van der Waals surface area contributed by atoms with Crippen LogP contribution in [0.3, 0.4) is 0 Å². The van der Waals surface area contributed by atoms with E-state index in [0.717, 1.165) is 21.8 Å². The number of aryl methyl sites for hydroxylation is 1. The summed E-state index contributed by atoms with van der Waals surface area (Å²) < 4.78 is 14.4. The number of hydrogen-bond donors (Lipinski definition) is 1. The monoisotopic (exact) mass is 285 g/mol. The highest BCUT2D eigenvalue weighted by Crippen LogP contribution is 2.19. The van der Waals surface area contributed by atoms with Gasteiger partial charge in [-0.15, -0.1) is 0 Å². The van der Waals surface area contributed by atoms with Gasteiger partial charge in [0.2, 0.25) is 0 Å². The number of benzene rings is 1. The highest BCUT2D eigenvalue weighted by atomic mass is 32.2. The molecule has 2 N–H and O–H groups in total. The first kappa shape index (κ1) is 12.9. The fourth-order valence-electron chi connectivity index (χ4n) is 2.20. The zero-order chi connectivity index (χ0) is 14.1. The number of nitrogen functional groups attached to an aromatic ring is 1. The minimum Gasteiger partial charge on any atom is -0.399 e. The second-order valence-electron chi connectivity index (χ2n) is 4.71. The molecule has 1 atom stereocenters. The number of nitrogens with two attached hydrogens (primary N) is 1. The number of hydrogen-bond acceptors (Lipinski definition) is 3. The van der Waals surface area contributed by atoms with Crippen molar-refractivity contribution >= 4 is 22.1 Å². The van der Waals surface area contributed by atoms with E-state index in [1.165, 1.54) is 0 Å². The Morgan fingerprint density at radius 3 is 2.90 bits per heavy atom. The normalized spacial score (nSPS) is 12.7. The minimum atomic E-state index is -1.11. The molecule has 0 bridgehead atoms. The van der Waals surface area contributed by atoms with Gasteiger partial charge in [0, 0.05) is 23.0 Å². The third-order valence-corrected chi connectivity index (χ3v) is 4.64. The summed E-state index contributed by atoms with van der Waals surface area (Å²) in [6.45, 7) is 1.92. The Balaban J connectivity index is 1.88. The van der Waals surface area contributed by atoms with E-state index in [4.69, 9.17) is 5.73 Å². The molecule has 0 aliphatic heterocycles. The van der Waals surface area contributed by atoms with Crippen LogP contribution in [0.2, 0.25) is 0 Å². The Morgan fingerprint density at radius 2 is 2.15 bits per heavy atom. The van der Waals surface area contributed by atoms with Crippen molar-refractivity contribution < 1.29 is 4.21 Å². The van der Waals surface area contributed by atoms with Gasteiger partial charge in [-0.25, -0.2) is 4.98 Å². The Bertz CT molecular complexity index is 762. The van der Waals surface area contributed by atoms with Crippen molar-refractivity contribution in [1.82, 2.24) is 9.38 Å². The summed E-state index contributed by atoms with van der Waals surface area (Å²) in [5.41, 5.74) is 9.05. The van der Waals surface area contributed by atoms with Crippen molar-refractivity contribution in [2.24, 2.45) is 0 Å². The van der Waals surface area contributed by atoms with Crippen LogP contribution in [-0.2, 0) is 16.6 Å². The smallest absolute Gasteiger partial charge is 0.137 e. The van der Waals surface area contributed by atoms with Gasteiger partial charge in [0.1, 0.15) is 5.65 Å². The van der Waals surface area contributed by atoms with E-state index < -0.39 is 10.8 Å². The van der Waals surface area contributed by atoms with Gasteiger partial charge in [-0.2, -0.15) is 0 Å². The van der Waals surface area contributed by atoms with Crippen LogP contribution in [0.4, 0.5) is 5.69 Å². The molecule has 102 valence electrons. The van der Waals surface area contributed by atoms with E-state index in [2.05, 4.69) is 4.98 Å². The van der Waals surface area contributed by atoms with Crippen molar-refractivity contribution in [3.05, 3.63) is 60.0 Å². The molecular weight excluding hydrogens is 270 g/mol.